The number of carbonyl (C=O) groups is 1. The maximum Gasteiger partial charge on any atom is 0.244 e. The summed E-state index contributed by atoms with van der Waals surface area (Å²) in [5, 5.41) is 3.99. The second kappa shape index (κ2) is 7.28. The van der Waals surface area contributed by atoms with Crippen LogP contribution in [0.2, 0.25) is 0 Å². The first-order valence-corrected chi connectivity index (χ1v) is 10.3. The minimum Gasteiger partial charge on any atom is -0.486 e. The van der Waals surface area contributed by atoms with E-state index >= 15 is 0 Å². The van der Waals surface area contributed by atoms with Crippen molar-refractivity contribution in [2.24, 2.45) is 5.92 Å². The SMILES string of the molecule is O=C(C=Cc1nc2ccccc2s1)NC(c1ccc2c(c1)OCCO2)C1CC1. The van der Waals surface area contributed by atoms with Gasteiger partial charge < -0.3 is 14.8 Å². The zero-order valence-corrected chi connectivity index (χ0v) is 16.1. The molecule has 5 nitrogen and oxygen atoms in total. The van der Waals surface area contributed by atoms with Gasteiger partial charge in [-0.3, -0.25) is 4.79 Å². The Bertz CT molecular complexity index is 1020. The predicted molar refractivity (Wildman–Crippen MR) is 110 cm³/mol. The molecule has 6 heteroatoms. The van der Waals surface area contributed by atoms with Gasteiger partial charge in [-0.2, -0.15) is 0 Å². The first-order valence-electron chi connectivity index (χ1n) is 9.50. The van der Waals surface area contributed by atoms with E-state index in [0.29, 0.717) is 19.1 Å². The lowest BCUT2D eigenvalue weighted by Gasteiger charge is -2.22. The lowest BCUT2D eigenvalue weighted by Crippen LogP contribution is -2.28. The van der Waals surface area contributed by atoms with Crippen LogP contribution in [0.1, 0.15) is 29.5 Å². The Kier molecular flexibility index (Phi) is 4.49. The average molecular weight is 392 g/mol. The molecule has 1 amide bonds. The van der Waals surface area contributed by atoms with Crippen molar-refractivity contribution in [2.45, 2.75) is 18.9 Å². The largest absolute Gasteiger partial charge is 0.486 e. The van der Waals surface area contributed by atoms with Crippen molar-refractivity contribution in [3.05, 3.63) is 59.1 Å². The zero-order valence-electron chi connectivity index (χ0n) is 15.3. The molecule has 3 aromatic rings. The van der Waals surface area contributed by atoms with Crippen molar-refractivity contribution in [1.29, 1.82) is 0 Å². The number of fused-ring (bicyclic) bond motifs is 2. The van der Waals surface area contributed by atoms with Crippen LogP contribution in [0.25, 0.3) is 16.3 Å². The number of hydrogen-bond donors (Lipinski definition) is 1. The Morgan fingerprint density at radius 1 is 1.14 bits per heavy atom. The van der Waals surface area contributed by atoms with Gasteiger partial charge in [0.05, 0.1) is 16.3 Å². The zero-order chi connectivity index (χ0) is 18.9. The van der Waals surface area contributed by atoms with Crippen LogP contribution in [-0.2, 0) is 4.79 Å². The average Bonchev–Trinajstić information content (AvgIpc) is 3.48. The highest BCUT2D eigenvalue weighted by atomic mass is 32.1. The lowest BCUT2D eigenvalue weighted by atomic mass is 10.0. The van der Waals surface area contributed by atoms with Gasteiger partial charge in [-0.05, 0) is 54.7 Å². The molecular formula is C22H20N2O3S. The van der Waals surface area contributed by atoms with E-state index in [2.05, 4.69) is 10.3 Å². The van der Waals surface area contributed by atoms with Gasteiger partial charge in [0.1, 0.15) is 18.2 Å². The van der Waals surface area contributed by atoms with Crippen LogP contribution in [0, 0.1) is 5.92 Å². The normalized spacial score (nSPS) is 17.0. The second-order valence-corrected chi connectivity index (χ2v) is 8.14. The third kappa shape index (κ3) is 3.60. The van der Waals surface area contributed by atoms with Crippen molar-refractivity contribution < 1.29 is 14.3 Å². The van der Waals surface area contributed by atoms with Crippen molar-refractivity contribution >= 4 is 33.5 Å². The highest BCUT2D eigenvalue weighted by Gasteiger charge is 2.33. The number of carbonyl (C=O) groups excluding carboxylic acids is 1. The van der Waals surface area contributed by atoms with Crippen molar-refractivity contribution in [1.82, 2.24) is 10.3 Å². The van der Waals surface area contributed by atoms with E-state index in [9.17, 15) is 4.79 Å². The van der Waals surface area contributed by atoms with Gasteiger partial charge in [-0.15, -0.1) is 11.3 Å². The van der Waals surface area contributed by atoms with Crippen LogP contribution in [0.5, 0.6) is 11.5 Å². The summed E-state index contributed by atoms with van der Waals surface area (Å²) in [4.78, 5) is 17.1. The van der Waals surface area contributed by atoms with E-state index in [4.69, 9.17) is 9.47 Å². The third-order valence-corrected chi connectivity index (χ3v) is 6.01. The second-order valence-electron chi connectivity index (χ2n) is 7.08. The number of para-hydroxylation sites is 1. The van der Waals surface area contributed by atoms with E-state index in [1.807, 2.05) is 42.5 Å². The topological polar surface area (TPSA) is 60.5 Å². The number of aromatic nitrogens is 1. The van der Waals surface area contributed by atoms with Gasteiger partial charge in [0, 0.05) is 6.08 Å². The quantitative estimate of drug-likeness (QED) is 0.656. The van der Waals surface area contributed by atoms with Gasteiger partial charge in [0.25, 0.3) is 0 Å². The lowest BCUT2D eigenvalue weighted by molar-refractivity contribution is -0.117. The summed E-state index contributed by atoms with van der Waals surface area (Å²) >= 11 is 1.58. The van der Waals surface area contributed by atoms with E-state index in [0.717, 1.165) is 45.1 Å². The number of amides is 1. The first-order chi connectivity index (χ1) is 13.8. The summed E-state index contributed by atoms with van der Waals surface area (Å²) in [6.45, 7) is 1.13. The molecular weight excluding hydrogens is 372 g/mol. The van der Waals surface area contributed by atoms with Crippen LogP contribution < -0.4 is 14.8 Å². The number of rotatable bonds is 5. The molecule has 0 bridgehead atoms. The summed E-state index contributed by atoms with van der Waals surface area (Å²) in [7, 11) is 0. The molecule has 2 heterocycles. The molecule has 142 valence electrons. The van der Waals surface area contributed by atoms with E-state index in [-0.39, 0.29) is 11.9 Å². The molecule has 2 aliphatic rings. The summed E-state index contributed by atoms with van der Waals surface area (Å²) in [6, 6.07) is 13.9. The Hall–Kier alpha value is -2.86. The van der Waals surface area contributed by atoms with Gasteiger partial charge >= 0.3 is 0 Å². The fraction of sp³-hybridized carbons (Fsp3) is 0.273. The fourth-order valence-electron chi connectivity index (χ4n) is 3.47. The standard InChI is InChI=1S/C22H20N2O3S/c25-20(9-10-21-23-16-3-1-2-4-19(16)28-21)24-22(14-5-6-14)15-7-8-17-18(13-15)27-12-11-26-17/h1-4,7-10,13-14,22H,5-6,11-12H2,(H,24,25). The Balaban J connectivity index is 1.32. The molecule has 1 aliphatic heterocycles. The van der Waals surface area contributed by atoms with Crippen molar-refractivity contribution in [3.8, 4) is 11.5 Å². The molecule has 1 aromatic heterocycles. The summed E-state index contributed by atoms with van der Waals surface area (Å²) < 4.78 is 12.4. The van der Waals surface area contributed by atoms with Gasteiger partial charge in [-0.1, -0.05) is 18.2 Å². The molecule has 0 radical (unpaired) electrons. The monoisotopic (exact) mass is 392 g/mol. The minimum absolute atomic E-state index is 0.0108. The molecule has 28 heavy (non-hydrogen) atoms. The molecule has 1 N–H and O–H groups in total. The van der Waals surface area contributed by atoms with Gasteiger partial charge in [0.2, 0.25) is 5.91 Å². The highest BCUT2D eigenvalue weighted by Crippen LogP contribution is 2.43. The Labute approximate surface area is 167 Å². The molecule has 0 saturated heterocycles. The molecule has 1 fully saturated rings. The van der Waals surface area contributed by atoms with E-state index in [1.54, 1.807) is 23.5 Å². The van der Waals surface area contributed by atoms with Gasteiger partial charge in [0.15, 0.2) is 11.5 Å². The number of benzene rings is 2. The van der Waals surface area contributed by atoms with Crippen LogP contribution in [0.3, 0.4) is 0 Å². The molecule has 1 saturated carbocycles. The molecule has 1 aliphatic carbocycles. The third-order valence-electron chi connectivity index (χ3n) is 5.00. The number of nitrogens with one attached hydrogen (secondary N) is 1. The predicted octanol–water partition coefficient (Wildman–Crippen LogP) is 4.35. The van der Waals surface area contributed by atoms with Crippen LogP contribution in [0.15, 0.2) is 48.5 Å². The molecule has 5 rings (SSSR count). The Morgan fingerprint density at radius 3 is 2.79 bits per heavy atom. The van der Waals surface area contributed by atoms with Crippen LogP contribution >= 0.6 is 11.3 Å². The van der Waals surface area contributed by atoms with Crippen LogP contribution in [0.4, 0.5) is 0 Å². The van der Waals surface area contributed by atoms with Crippen molar-refractivity contribution in [3.63, 3.8) is 0 Å². The number of hydrogen-bond acceptors (Lipinski definition) is 5. The number of nitrogens with zero attached hydrogens (tertiary/aromatic N) is 1. The highest BCUT2D eigenvalue weighted by molar-refractivity contribution is 7.19. The Morgan fingerprint density at radius 2 is 1.96 bits per heavy atom. The smallest absolute Gasteiger partial charge is 0.244 e. The van der Waals surface area contributed by atoms with E-state index in [1.165, 1.54) is 0 Å². The first kappa shape index (κ1) is 17.3. The number of thiazole rings is 1. The van der Waals surface area contributed by atoms with E-state index < -0.39 is 0 Å². The molecule has 0 spiro atoms. The van der Waals surface area contributed by atoms with Gasteiger partial charge in [-0.25, -0.2) is 4.98 Å². The summed E-state index contributed by atoms with van der Waals surface area (Å²) in [6.07, 6.45) is 5.61. The summed E-state index contributed by atoms with van der Waals surface area (Å²) in [5.74, 6) is 1.90. The van der Waals surface area contributed by atoms with Crippen molar-refractivity contribution in [2.75, 3.05) is 13.2 Å². The maximum absolute atomic E-state index is 12.6. The molecule has 1 unspecified atom stereocenters. The summed E-state index contributed by atoms with van der Waals surface area (Å²) in [5.41, 5.74) is 2.02. The maximum atomic E-state index is 12.6. The number of ether oxygens (including phenoxy) is 2. The minimum atomic E-state index is -0.106. The van der Waals surface area contributed by atoms with Crippen LogP contribution in [-0.4, -0.2) is 24.1 Å². The fourth-order valence-corrected chi connectivity index (χ4v) is 4.34. The molecule has 2 aromatic carbocycles. The molecule has 1 atom stereocenters.